The van der Waals surface area contributed by atoms with Crippen molar-refractivity contribution in [3.63, 3.8) is 0 Å². The fraction of sp³-hybridized carbons (Fsp3) is 0.786. The molecule has 0 aromatic carbocycles. The zero-order chi connectivity index (χ0) is 12.0. The molecule has 1 rings (SSSR count). The number of carbonyl (C=O) groups excluding carboxylic acids is 1. The number of unbranched alkanes of at least 4 members (excludes halogenated alkanes) is 5. The molecule has 1 fully saturated rings. The predicted molar refractivity (Wildman–Crippen MR) is 67.9 cm³/mol. The van der Waals surface area contributed by atoms with Gasteiger partial charge in [-0.25, -0.2) is 0 Å². The molecule has 0 aromatic rings. The van der Waals surface area contributed by atoms with Crippen LogP contribution in [0.1, 0.15) is 58.3 Å². The van der Waals surface area contributed by atoms with Gasteiger partial charge >= 0.3 is 0 Å². The lowest BCUT2D eigenvalue weighted by molar-refractivity contribution is -0.118. The van der Waals surface area contributed by atoms with E-state index in [-0.39, 0.29) is 5.91 Å². The Morgan fingerprint density at radius 2 is 1.81 bits per heavy atom. The zero-order valence-corrected chi connectivity index (χ0v) is 10.5. The molecule has 0 saturated heterocycles. The Bertz CT molecular complexity index is 247. The topological polar surface area (TPSA) is 43.1 Å². The molecule has 2 heteroatoms. The highest BCUT2D eigenvalue weighted by Crippen LogP contribution is 2.49. The number of nitrogens with two attached hydrogens (primary N) is 1. The van der Waals surface area contributed by atoms with Crippen molar-refractivity contribution in [3.05, 3.63) is 12.2 Å². The summed E-state index contributed by atoms with van der Waals surface area (Å²) in [7, 11) is 0. The average Bonchev–Trinajstić information content (AvgIpc) is 2.82. The summed E-state index contributed by atoms with van der Waals surface area (Å²) in [6.45, 7) is 6.24. The van der Waals surface area contributed by atoms with E-state index >= 15 is 0 Å². The highest BCUT2D eigenvalue weighted by Gasteiger charge is 2.41. The summed E-state index contributed by atoms with van der Waals surface area (Å²) >= 11 is 0. The minimum atomic E-state index is -0.184. The van der Waals surface area contributed by atoms with Gasteiger partial charge in [0.15, 0.2) is 0 Å². The second kappa shape index (κ2) is 6.72. The molecule has 1 aliphatic carbocycles. The Morgan fingerprint density at radius 1 is 1.19 bits per heavy atom. The molecule has 2 N–H and O–H groups in total. The standard InChI is InChI=1S/C14H25NO/c1-3-4-5-6-7-8-9-12-11(2)13(12)10-14(15)16/h12-13H,2-10H2,1H3,(H2,15,16)/t12-,13+/m0/s1. The van der Waals surface area contributed by atoms with Gasteiger partial charge in [0, 0.05) is 6.42 Å². The quantitative estimate of drug-likeness (QED) is 0.472. The SMILES string of the molecule is C=C1[C@@H](CC(N)=O)[C@H]1CCCCCCCC. The second-order valence-electron chi connectivity index (χ2n) is 5.01. The van der Waals surface area contributed by atoms with E-state index in [1.807, 2.05) is 0 Å². The monoisotopic (exact) mass is 223 g/mol. The highest BCUT2D eigenvalue weighted by molar-refractivity contribution is 5.75. The third-order valence-electron chi connectivity index (χ3n) is 3.62. The third-order valence-corrected chi connectivity index (χ3v) is 3.62. The van der Waals surface area contributed by atoms with Gasteiger partial charge in [0.1, 0.15) is 0 Å². The van der Waals surface area contributed by atoms with Gasteiger partial charge in [0.05, 0.1) is 0 Å². The molecule has 0 radical (unpaired) electrons. The normalized spacial score (nSPS) is 23.4. The summed E-state index contributed by atoms with van der Waals surface area (Å²) in [6.07, 6.45) is 9.72. The van der Waals surface area contributed by atoms with Crippen LogP contribution in [0.25, 0.3) is 0 Å². The van der Waals surface area contributed by atoms with Crippen molar-refractivity contribution in [1.29, 1.82) is 0 Å². The lowest BCUT2D eigenvalue weighted by atomic mass is 10.1. The highest BCUT2D eigenvalue weighted by atomic mass is 16.1. The van der Waals surface area contributed by atoms with Crippen LogP contribution in [0.15, 0.2) is 12.2 Å². The molecule has 0 aromatic heterocycles. The van der Waals surface area contributed by atoms with Crippen LogP contribution in [0.5, 0.6) is 0 Å². The lowest BCUT2D eigenvalue weighted by Gasteiger charge is -2.00. The Hall–Kier alpha value is -0.790. The van der Waals surface area contributed by atoms with Gasteiger partial charge in [0.2, 0.25) is 5.91 Å². The van der Waals surface area contributed by atoms with Crippen molar-refractivity contribution in [2.45, 2.75) is 58.3 Å². The molecule has 0 bridgehead atoms. The first-order chi connectivity index (χ1) is 7.66. The van der Waals surface area contributed by atoms with E-state index in [1.54, 1.807) is 0 Å². The summed E-state index contributed by atoms with van der Waals surface area (Å²) in [5, 5.41) is 0. The maximum atomic E-state index is 10.8. The van der Waals surface area contributed by atoms with Crippen molar-refractivity contribution in [3.8, 4) is 0 Å². The zero-order valence-electron chi connectivity index (χ0n) is 10.5. The first-order valence-corrected chi connectivity index (χ1v) is 6.63. The third kappa shape index (κ3) is 4.38. The minimum Gasteiger partial charge on any atom is -0.370 e. The van der Waals surface area contributed by atoms with E-state index in [4.69, 9.17) is 5.73 Å². The van der Waals surface area contributed by atoms with Gasteiger partial charge in [0.25, 0.3) is 0 Å². The van der Waals surface area contributed by atoms with E-state index in [0.717, 1.165) is 0 Å². The van der Waals surface area contributed by atoms with Crippen LogP contribution < -0.4 is 5.73 Å². The van der Waals surface area contributed by atoms with Crippen molar-refractivity contribution in [2.75, 3.05) is 0 Å². The summed E-state index contributed by atoms with van der Waals surface area (Å²) in [4.78, 5) is 10.8. The van der Waals surface area contributed by atoms with Crippen LogP contribution in [0.4, 0.5) is 0 Å². The van der Waals surface area contributed by atoms with E-state index < -0.39 is 0 Å². The minimum absolute atomic E-state index is 0.184. The Balaban J connectivity index is 1.98. The van der Waals surface area contributed by atoms with Crippen molar-refractivity contribution in [1.82, 2.24) is 0 Å². The van der Waals surface area contributed by atoms with Crippen LogP contribution >= 0.6 is 0 Å². The second-order valence-corrected chi connectivity index (χ2v) is 5.01. The number of amides is 1. The van der Waals surface area contributed by atoms with Crippen molar-refractivity contribution >= 4 is 5.91 Å². The molecule has 2 atom stereocenters. The van der Waals surface area contributed by atoms with E-state index in [1.165, 1.54) is 50.5 Å². The fourth-order valence-corrected chi connectivity index (χ4v) is 2.47. The molecule has 1 amide bonds. The van der Waals surface area contributed by atoms with Gasteiger partial charge in [-0.15, -0.1) is 0 Å². The maximum absolute atomic E-state index is 10.8. The number of primary amides is 1. The lowest BCUT2D eigenvalue weighted by Crippen LogP contribution is -2.11. The van der Waals surface area contributed by atoms with Gasteiger partial charge in [-0.3, -0.25) is 4.79 Å². The van der Waals surface area contributed by atoms with E-state index in [2.05, 4.69) is 13.5 Å². The van der Waals surface area contributed by atoms with Gasteiger partial charge in [-0.2, -0.15) is 0 Å². The van der Waals surface area contributed by atoms with E-state index in [0.29, 0.717) is 18.3 Å². The van der Waals surface area contributed by atoms with Crippen LogP contribution in [-0.2, 0) is 4.79 Å². The fourth-order valence-electron chi connectivity index (χ4n) is 2.47. The molecule has 0 unspecified atom stereocenters. The van der Waals surface area contributed by atoms with Crippen LogP contribution in [0, 0.1) is 11.8 Å². The molecular formula is C14H25NO. The van der Waals surface area contributed by atoms with Gasteiger partial charge in [-0.05, 0) is 18.3 Å². The predicted octanol–water partition coefficient (Wildman–Crippen LogP) is 3.41. The molecule has 1 saturated carbocycles. The Labute approximate surface area is 99.3 Å². The first-order valence-electron chi connectivity index (χ1n) is 6.63. The molecule has 0 aliphatic heterocycles. The van der Waals surface area contributed by atoms with Crippen molar-refractivity contribution < 1.29 is 4.79 Å². The molecule has 92 valence electrons. The summed E-state index contributed by atoms with van der Waals surface area (Å²) in [6, 6.07) is 0. The number of carbonyl (C=O) groups is 1. The van der Waals surface area contributed by atoms with Crippen LogP contribution in [-0.4, -0.2) is 5.91 Å². The van der Waals surface area contributed by atoms with Crippen LogP contribution in [0.2, 0.25) is 0 Å². The molecule has 0 spiro atoms. The van der Waals surface area contributed by atoms with Crippen LogP contribution in [0.3, 0.4) is 0 Å². The average molecular weight is 223 g/mol. The number of hydrogen-bond acceptors (Lipinski definition) is 1. The summed E-state index contributed by atoms with van der Waals surface area (Å²) in [5.74, 6) is 0.823. The summed E-state index contributed by atoms with van der Waals surface area (Å²) < 4.78 is 0. The molecule has 1 aliphatic rings. The molecular weight excluding hydrogens is 198 g/mol. The van der Waals surface area contributed by atoms with Gasteiger partial charge < -0.3 is 5.73 Å². The number of hydrogen-bond donors (Lipinski definition) is 1. The smallest absolute Gasteiger partial charge is 0.218 e. The maximum Gasteiger partial charge on any atom is 0.218 e. The number of rotatable bonds is 9. The summed E-state index contributed by atoms with van der Waals surface area (Å²) in [5.41, 5.74) is 6.44. The Kier molecular flexibility index (Phi) is 5.58. The largest absolute Gasteiger partial charge is 0.370 e. The van der Waals surface area contributed by atoms with Crippen molar-refractivity contribution in [2.24, 2.45) is 17.6 Å². The molecule has 0 heterocycles. The Morgan fingerprint density at radius 3 is 2.44 bits per heavy atom. The number of allylic oxidation sites excluding steroid dienone is 1. The molecule has 16 heavy (non-hydrogen) atoms. The first kappa shape index (κ1) is 13.3. The van der Waals surface area contributed by atoms with E-state index in [9.17, 15) is 4.79 Å². The molecule has 2 nitrogen and oxygen atoms in total. The van der Waals surface area contributed by atoms with Gasteiger partial charge in [-0.1, -0.05) is 57.6 Å².